The molecule has 9 aromatic rings. The number of allylic oxidation sites excluding steroid dienone is 1. The van der Waals surface area contributed by atoms with E-state index >= 15 is 0 Å². The summed E-state index contributed by atoms with van der Waals surface area (Å²) >= 11 is 0. The van der Waals surface area contributed by atoms with Crippen LogP contribution in [0.4, 0.5) is 0 Å². The summed E-state index contributed by atoms with van der Waals surface area (Å²) in [6.07, 6.45) is 4.78. The zero-order valence-corrected chi connectivity index (χ0v) is 42.5. The zero-order valence-electron chi connectivity index (χ0n) is 37.5. The molecule has 0 aliphatic heterocycles. The van der Waals surface area contributed by atoms with Gasteiger partial charge in [-0.25, -0.2) is 0 Å². The quantitative estimate of drug-likeness (QED) is 0.0888. The normalized spacial score (nSPS) is 13.4. The van der Waals surface area contributed by atoms with E-state index in [0.29, 0.717) is 0 Å². The standard InChI is InChI=1S/C47H45.C12H10Si.2ClH.Zr/c1-8-14-31-27-40-38(19-13-20-39(40)44-35-17-11-9-15-29(35)25-30-16-10-12-18-36(30)44)43(31)45-41-28-32-26-33(46(2,3)4)21-22-34(32)37(41)23-24-42(45)47(5,6)7;1-3-7-11(8-4-1)13-12-9-5-2-6-10-12;;;/h9-13,15-28,43H,8,14H2,1-7H3;1-10H;2*1H;/q-1;;;;+3/p-2. The predicted molar refractivity (Wildman–Crippen MR) is 264 cm³/mol. The molecule has 3 radical (unpaired) electrons. The SMILES string of the molecule is CCCC1=Cc2c(-c3c4ccccc4cc4ccccc34)cccc2C1c1c(C(C)(C)C)ccc2c1[cH-]c1cc(C(C)(C)C)ccc12.[Cl-].[Cl-].[Zr+3].c1ccc([Si]c2ccccc2)cc1. The summed E-state index contributed by atoms with van der Waals surface area (Å²) in [5.41, 5.74) is 11.5. The summed E-state index contributed by atoms with van der Waals surface area (Å²) in [7, 11) is 0.777. The van der Waals surface area contributed by atoms with Crippen molar-refractivity contribution in [2.45, 2.75) is 78.1 Å². The number of hydrogen-bond acceptors (Lipinski definition) is 0. The molecule has 0 saturated carbocycles. The predicted octanol–water partition coefficient (Wildman–Crippen LogP) is 8.96. The summed E-state index contributed by atoms with van der Waals surface area (Å²) in [4.78, 5) is 0. The monoisotopic (exact) mass is 951 g/mol. The Morgan fingerprint density at radius 1 is 0.556 bits per heavy atom. The van der Waals surface area contributed by atoms with Crippen molar-refractivity contribution in [2.24, 2.45) is 0 Å². The van der Waals surface area contributed by atoms with Crippen molar-refractivity contribution in [1.82, 2.24) is 0 Å². The minimum Gasteiger partial charge on any atom is -1.00 e. The Bertz CT molecular complexity index is 2950. The second-order valence-corrected chi connectivity index (χ2v) is 20.1. The molecule has 0 saturated heterocycles. The minimum absolute atomic E-state index is 0. The van der Waals surface area contributed by atoms with Crippen LogP contribution in [0.1, 0.15) is 95.0 Å². The van der Waals surface area contributed by atoms with Crippen molar-refractivity contribution in [3.05, 3.63) is 203 Å². The molecule has 0 nitrogen and oxygen atoms in total. The molecular formula is C59H55Cl2SiZr. The van der Waals surface area contributed by atoms with Crippen LogP contribution in [-0.2, 0) is 37.0 Å². The molecule has 0 heterocycles. The first-order valence-electron chi connectivity index (χ1n) is 21.8. The van der Waals surface area contributed by atoms with E-state index in [2.05, 4.69) is 224 Å². The molecule has 9 aromatic carbocycles. The molecule has 0 N–H and O–H groups in total. The summed E-state index contributed by atoms with van der Waals surface area (Å²) in [6.45, 7) is 16.4. The van der Waals surface area contributed by atoms with E-state index in [1.54, 1.807) is 0 Å². The largest absolute Gasteiger partial charge is 3.00 e. The Hall–Kier alpha value is -4.43. The first kappa shape index (κ1) is 48.0. The second-order valence-electron chi connectivity index (χ2n) is 18.7. The minimum atomic E-state index is 0. The van der Waals surface area contributed by atoms with Crippen molar-refractivity contribution in [3.8, 4) is 11.1 Å². The van der Waals surface area contributed by atoms with E-state index in [9.17, 15) is 0 Å². The van der Waals surface area contributed by atoms with Crippen LogP contribution in [-0.4, -0.2) is 9.52 Å². The van der Waals surface area contributed by atoms with E-state index < -0.39 is 0 Å². The Labute approximate surface area is 409 Å². The first-order chi connectivity index (χ1) is 29.0. The van der Waals surface area contributed by atoms with Gasteiger partial charge in [-0.05, 0) is 67.1 Å². The van der Waals surface area contributed by atoms with Crippen molar-refractivity contribution in [1.29, 1.82) is 0 Å². The average molecular weight is 954 g/mol. The molecule has 0 aromatic heterocycles. The van der Waals surface area contributed by atoms with Gasteiger partial charge < -0.3 is 24.8 Å². The van der Waals surface area contributed by atoms with Gasteiger partial charge in [0, 0.05) is 5.92 Å². The summed E-state index contributed by atoms with van der Waals surface area (Å²) < 4.78 is 0. The summed E-state index contributed by atoms with van der Waals surface area (Å²) in [5, 5.41) is 13.5. The maximum Gasteiger partial charge on any atom is 3.00 e. The topological polar surface area (TPSA) is 0 Å². The first-order valence-corrected chi connectivity index (χ1v) is 22.8. The van der Waals surface area contributed by atoms with E-state index in [-0.39, 0.29) is 67.8 Å². The molecule has 1 aliphatic carbocycles. The smallest absolute Gasteiger partial charge is 1.00 e. The van der Waals surface area contributed by atoms with Gasteiger partial charge in [-0.2, -0.15) is 0 Å². The van der Waals surface area contributed by atoms with Crippen LogP contribution in [0.3, 0.4) is 0 Å². The third kappa shape index (κ3) is 9.53. The molecule has 1 atom stereocenters. The molecule has 0 spiro atoms. The summed E-state index contributed by atoms with van der Waals surface area (Å²) in [5.74, 6) is 0.225. The number of hydrogen-bond donors (Lipinski definition) is 0. The Morgan fingerprint density at radius 2 is 1.13 bits per heavy atom. The van der Waals surface area contributed by atoms with Crippen LogP contribution in [0.5, 0.6) is 0 Å². The van der Waals surface area contributed by atoms with E-state index in [1.165, 1.54) is 98.0 Å². The van der Waals surface area contributed by atoms with Gasteiger partial charge in [-0.15, -0.1) is 33.7 Å². The van der Waals surface area contributed by atoms with Crippen molar-refractivity contribution >= 4 is 69.1 Å². The maximum atomic E-state index is 2.57. The van der Waals surface area contributed by atoms with Crippen molar-refractivity contribution in [2.75, 3.05) is 0 Å². The Balaban J connectivity index is 0.000000355. The molecule has 0 amide bonds. The third-order valence-electron chi connectivity index (χ3n) is 12.5. The van der Waals surface area contributed by atoms with E-state index in [1.807, 2.05) is 0 Å². The average Bonchev–Trinajstić information content (AvgIpc) is 3.81. The summed E-state index contributed by atoms with van der Waals surface area (Å²) in [6, 6.07) is 62.9. The second kappa shape index (κ2) is 19.8. The van der Waals surface area contributed by atoms with Crippen LogP contribution < -0.4 is 35.2 Å². The molecule has 4 heteroatoms. The van der Waals surface area contributed by atoms with Crippen molar-refractivity contribution in [3.63, 3.8) is 0 Å². The van der Waals surface area contributed by atoms with E-state index in [0.717, 1.165) is 22.4 Å². The molecule has 0 fully saturated rings. The molecule has 0 bridgehead atoms. The fourth-order valence-corrected chi connectivity index (χ4v) is 10.6. The van der Waals surface area contributed by atoms with Crippen LogP contribution in [0, 0.1) is 0 Å². The van der Waals surface area contributed by atoms with Gasteiger partial charge in [0.2, 0.25) is 0 Å². The zero-order chi connectivity index (χ0) is 41.6. The number of rotatable bonds is 6. The molecule has 313 valence electrons. The fourth-order valence-electron chi connectivity index (χ4n) is 9.58. The fraction of sp³-hybridized carbons (Fsp3) is 0.203. The molecule has 1 unspecified atom stereocenters. The van der Waals surface area contributed by atoms with Gasteiger partial charge >= 0.3 is 26.2 Å². The Morgan fingerprint density at radius 3 is 1.70 bits per heavy atom. The Kier molecular flexibility index (Phi) is 15.1. The molecule has 10 rings (SSSR count). The molecule has 63 heavy (non-hydrogen) atoms. The van der Waals surface area contributed by atoms with Crippen LogP contribution in [0.15, 0.2) is 175 Å². The van der Waals surface area contributed by atoms with Gasteiger partial charge in [0.05, 0.1) is 0 Å². The molecule has 1 aliphatic rings. The maximum absolute atomic E-state index is 2.57. The number of benzene rings is 8. The van der Waals surface area contributed by atoms with Crippen LogP contribution in [0.25, 0.3) is 60.3 Å². The van der Waals surface area contributed by atoms with Crippen LogP contribution >= 0.6 is 0 Å². The van der Waals surface area contributed by atoms with Crippen molar-refractivity contribution < 1.29 is 51.0 Å². The molecular weight excluding hydrogens is 899 g/mol. The van der Waals surface area contributed by atoms with E-state index in [4.69, 9.17) is 0 Å². The number of fused-ring (bicyclic) bond motifs is 6. The van der Waals surface area contributed by atoms with Gasteiger partial charge in [0.1, 0.15) is 9.52 Å². The van der Waals surface area contributed by atoms with Crippen LogP contribution in [0.2, 0.25) is 0 Å². The third-order valence-corrected chi connectivity index (χ3v) is 13.7. The number of halogens is 2. The van der Waals surface area contributed by atoms with Gasteiger partial charge in [0.25, 0.3) is 0 Å². The van der Waals surface area contributed by atoms with Gasteiger partial charge in [-0.3, -0.25) is 0 Å². The van der Waals surface area contributed by atoms with Gasteiger partial charge in [-0.1, -0.05) is 245 Å². The van der Waals surface area contributed by atoms with Gasteiger partial charge in [0.15, 0.2) is 0 Å².